The smallest absolute Gasteiger partial charge is 0.201 e. The van der Waals surface area contributed by atoms with Gasteiger partial charge >= 0.3 is 0 Å². The lowest BCUT2D eigenvalue weighted by Crippen LogP contribution is -2.16. The van der Waals surface area contributed by atoms with Gasteiger partial charge in [-0.2, -0.15) is 8.78 Å². The molecule has 0 aliphatic heterocycles. The lowest BCUT2D eigenvalue weighted by atomic mass is 9.75. The van der Waals surface area contributed by atoms with Crippen molar-refractivity contribution in [3.63, 3.8) is 0 Å². The van der Waals surface area contributed by atoms with E-state index in [2.05, 4.69) is 0 Å². The van der Waals surface area contributed by atoms with Crippen molar-refractivity contribution >= 4 is 0 Å². The molecule has 2 nitrogen and oxygen atoms in total. The fraction of sp³-hybridized carbons (Fsp3) is 0.412. The van der Waals surface area contributed by atoms with E-state index in [0.29, 0.717) is 56.1 Å². The van der Waals surface area contributed by atoms with Crippen LogP contribution >= 0.6 is 0 Å². The quantitative estimate of drug-likeness (QED) is 0.119. The van der Waals surface area contributed by atoms with Gasteiger partial charge in [0.15, 0.2) is 34.8 Å². The topological polar surface area (TPSA) is 18.5 Å². The van der Waals surface area contributed by atoms with E-state index in [1.54, 1.807) is 12.1 Å². The molecule has 3 aromatic carbocycles. The standard InChI is InChI=1S/C34H36F6O2/c1-3-5-7-8-23-13-15-25(31(37)29(23)35)21-9-11-22(12-10-21)26-16-18-28(34(40)32(26)38)42-20-24-14-17-27(33(39)30(24)36)41-19-6-4-2/h3,5,13-18,21-22H,4,6-12,19-20H2,1-2H3/b5-3+. The third kappa shape index (κ3) is 7.13. The van der Waals surface area contributed by atoms with Crippen molar-refractivity contribution in [2.24, 2.45) is 0 Å². The molecule has 3 aromatic rings. The normalized spacial score (nSPS) is 17.1. The average Bonchev–Trinajstić information content (AvgIpc) is 2.99. The first-order valence-electron chi connectivity index (χ1n) is 14.5. The van der Waals surface area contributed by atoms with E-state index in [1.165, 1.54) is 24.3 Å². The van der Waals surface area contributed by atoms with Gasteiger partial charge in [-0.25, -0.2) is 17.6 Å². The molecule has 0 aromatic heterocycles. The van der Waals surface area contributed by atoms with Crippen LogP contribution < -0.4 is 9.47 Å². The molecule has 0 heterocycles. The zero-order valence-electron chi connectivity index (χ0n) is 23.9. The van der Waals surface area contributed by atoms with Gasteiger partial charge in [-0.05, 0) is 98.6 Å². The van der Waals surface area contributed by atoms with Crippen molar-refractivity contribution in [2.75, 3.05) is 6.61 Å². The molecule has 0 spiro atoms. The second kappa shape index (κ2) is 14.7. The number of halogens is 6. The number of ether oxygens (including phenoxy) is 2. The molecule has 1 aliphatic rings. The number of rotatable bonds is 12. The highest BCUT2D eigenvalue weighted by Gasteiger charge is 2.30. The largest absolute Gasteiger partial charge is 0.490 e. The monoisotopic (exact) mass is 590 g/mol. The summed E-state index contributed by atoms with van der Waals surface area (Å²) in [5, 5.41) is 0. The number of hydrogen-bond acceptors (Lipinski definition) is 2. The third-order valence-corrected chi connectivity index (χ3v) is 7.96. The van der Waals surface area contributed by atoms with E-state index >= 15 is 4.39 Å². The highest BCUT2D eigenvalue weighted by molar-refractivity contribution is 5.36. The van der Waals surface area contributed by atoms with Crippen LogP contribution in [0.5, 0.6) is 11.5 Å². The maximum absolute atomic E-state index is 15.1. The van der Waals surface area contributed by atoms with E-state index in [-0.39, 0.29) is 35.3 Å². The zero-order chi connectivity index (χ0) is 30.2. The predicted molar refractivity (Wildman–Crippen MR) is 151 cm³/mol. The molecule has 0 radical (unpaired) electrons. The lowest BCUT2D eigenvalue weighted by Gasteiger charge is -2.30. The fourth-order valence-corrected chi connectivity index (χ4v) is 5.48. The molecule has 8 heteroatoms. The Morgan fingerprint density at radius 2 is 1.19 bits per heavy atom. The highest BCUT2D eigenvalue weighted by Crippen LogP contribution is 2.43. The summed E-state index contributed by atoms with van der Waals surface area (Å²) in [6.45, 7) is 3.56. The molecule has 0 bridgehead atoms. The summed E-state index contributed by atoms with van der Waals surface area (Å²) in [5.41, 5.74) is 0.673. The molecule has 0 saturated heterocycles. The number of aryl methyl sites for hydroxylation is 1. The molecule has 0 unspecified atom stereocenters. The van der Waals surface area contributed by atoms with Crippen molar-refractivity contribution in [1.82, 2.24) is 0 Å². The summed E-state index contributed by atoms with van der Waals surface area (Å²) in [6, 6.07) is 8.55. The van der Waals surface area contributed by atoms with Crippen LogP contribution in [0.3, 0.4) is 0 Å². The first kappa shape index (κ1) is 31.5. The molecule has 4 rings (SSSR count). The van der Waals surface area contributed by atoms with E-state index in [9.17, 15) is 22.0 Å². The molecule has 0 atom stereocenters. The summed E-state index contributed by atoms with van der Waals surface area (Å²) in [5.74, 6) is -7.40. The minimum atomic E-state index is -1.21. The van der Waals surface area contributed by atoms with E-state index in [1.807, 2.05) is 26.0 Å². The first-order chi connectivity index (χ1) is 20.3. The van der Waals surface area contributed by atoms with Gasteiger partial charge in [0, 0.05) is 5.56 Å². The van der Waals surface area contributed by atoms with Crippen LogP contribution in [0.2, 0.25) is 0 Å². The molecular formula is C34H36F6O2. The van der Waals surface area contributed by atoms with Crippen LogP contribution in [0.4, 0.5) is 26.3 Å². The highest BCUT2D eigenvalue weighted by atomic mass is 19.2. The Labute approximate surface area is 243 Å². The van der Waals surface area contributed by atoms with Gasteiger partial charge in [0.25, 0.3) is 0 Å². The minimum Gasteiger partial charge on any atom is -0.490 e. The summed E-state index contributed by atoms with van der Waals surface area (Å²) in [4.78, 5) is 0. The Balaban J connectivity index is 1.38. The SMILES string of the molecule is C/C=C/CCc1ccc(C2CCC(c3ccc(OCc4ccc(OCCCC)c(F)c4F)c(F)c3F)CC2)c(F)c1F. The lowest BCUT2D eigenvalue weighted by molar-refractivity contribution is 0.269. The molecular weight excluding hydrogens is 554 g/mol. The molecule has 226 valence electrons. The molecule has 42 heavy (non-hydrogen) atoms. The van der Waals surface area contributed by atoms with Crippen molar-refractivity contribution in [1.29, 1.82) is 0 Å². The molecule has 1 saturated carbocycles. The molecule has 0 amide bonds. The van der Waals surface area contributed by atoms with Crippen molar-refractivity contribution < 1.29 is 35.8 Å². The van der Waals surface area contributed by atoms with Crippen LogP contribution in [0, 0.1) is 34.9 Å². The van der Waals surface area contributed by atoms with Gasteiger partial charge < -0.3 is 9.47 Å². The Kier molecular flexibility index (Phi) is 11.0. The van der Waals surface area contributed by atoms with E-state index in [0.717, 1.165) is 6.42 Å². The van der Waals surface area contributed by atoms with Gasteiger partial charge in [0.05, 0.1) is 6.61 Å². The van der Waals surface area contributed by atoms with Crippen LogP contribution in [0.25, 0.3) is 0 Å². The Morgan fingerprint density at radius 3 is 1.83 bits per heavy atom. The van der Waals surface area contributed by atoms with Gasteiger partial charge in [0.1, 0.15) is 6.61 Å². The minimum absolute atomic E-state index is 0.160. The van der Waals surface area contributed by atoms with Gasteiger partial charge in [-0.1, -0.05) is 43.7 Å². The van der Waals surface area contributed by atoms with Crippen molar-refractivity contribution in [2.45, 2.75) is 83.7 Å². The van der Waals surface area contributed by atoms with Gasteiger partial charge in [0.2, 0.25) is 11.6 Å². The molecule has 1 aliphatic carbocycles. The first-order valence-corrected chi connectivity index (χ1v) is 14.5. The maximum atomic E-state index is 15.1. The van der Waals surface area contributed by atoms with Gasteiger partial charge in [-0.3, -0.25) is 0 Å². The summed E-state index contributed by atoms with van der Waals surface area (Å²) >= 11 is 0. The fourth-order valence-electron chi connectivity index (χ4n) is 5.48. The van der Waals surface area contributed by atoms with Crippen LogP contribution in [0.1, 0.15) is 92.9 Å². The average molecular weight is 591 g/mol. The van der Waals surface area contributed by atoms with Gasteiger partial charge in [-0.15, -0.1) is 0 Å². The summed E-state index contributed by atoms with van der Waals surface area (Å²) < 4.78 is 99.0. The van der Waals surface area contributed by atoms with E-state index in [4.69, 9.17) is 9.47 Å². The van der Waals surface area contributed by atoms with Crippen LogP contribution in [0.15, 0.2) is 48.6 Å². The number of unbranched alkanes of at least 4 members (excludes halogenated alkanes) is 1. The molecule has 1 fully saturated rings. The summed E-state index contributed by atoms with van der Waals surface area (Å²) in [6.07, 6.45) is 8.29. The second-order valence-corrected chi connectivity index (χ2v) is 10.7. The summed E-state index contributed by atoms with van der Waals surface area (Å²) in [7, 11) is 0. The number of benzene rings is 3. The zero-order valence-corrected chi connectivity index (χ0v) is 23.9. The van der Waals surface area contributed by atoms with Crippen molar-refractivity contribution in [3.8, 4) is 11.5 Å². The molecule has 0 N–H and O–H groups in total. The van der Waals surface area contributed by atoms with Crippen LogP contribution in [-0.2, 0) is 13.0 Å². The third-order valence-electron chi connectivity index (χ3n) is 7.96. The number of hydrogen-bond donors (Lipinski definition) is 0. The van der Waals surface area contributed by atoms with E-state index < -0.39 is 47.3 Å². The second-order valence-electron chi connectivity index (χ2n) is 10.7. The van der Waals surface area contributed by atoms with Crippen molar-refractivity contribution in [3.05, 3.63) is 106 Å². The Bertz CT molecular complexity index is 1400. The number of allylic oxidation sites excluding steroid dienone is 2. The maximum Gasteiger partial charge on any atom is 0.201 e. The Morgan fingerprint density at radius 1 is 0.667 bits per heavy atom. The predicted octanol–water partition coefficient (Wildman–Crippen LogP) is 10.2. The van der Waals surface area contributed by atoms with Crippen LogP contribution in [-0.4, -0.2) is 6.61 Å². The Hall–Kier alpha value is -3.42.